The Bertz CT molecular complexity index is 395. The van der Waals surface area contributed by atoms with Crippen LogP contribution in [0.15, 0.2) is 24.3 Å². The highest BCUT2D eigenvalue weighted by atomic mass is 15.1. The molecule has 1 unspecified atom stereocenters. The second kappa shape index (κ2) is 7.73. The standard InChI is InChI=1S/C15H23N3/c1-4-9-17-14(12-16)8-10-18(3)15-7-5-6-13(2)11-15/h5-7,11,14,17H,4,8-10H2,1-3H3. The molecule has 0 spiro atoms. The number of anilines is 1. The van der Waals surface area contributed by atoms with Crippen LogP contribution in [0.4, 0.5) is 5.69 Å². The third-order valence-corrected chi connectivity index (χ3v) is 2.99. The molecular formula is C15H23N3. The number of aryl methyl sites for hydroxylation is 1. The maximum atomic E-state index is 9.05. The van der Waals surface area contributed by atoms with Gasteiger partial charge in [-0.25, -0.2) is 0 Å². The maximum Gasteiger partial charge on any atom is 0.0969 e. The third-order valence-electron chi connectivity index (χ3n) is 2.99. The number of hydrogen-bond acceptors (Lipinski definition) is 3. The molecule has 1 rings (SSSR count). The minimum absolute atomic E-state index is 0.0443. The van der Waals surface area contributed by atoms with E-state index in [0.29, 0.717) is 0 Å². The van der Waals surface area contributed by atoms with Crippen LogP contribution in [0.5, 0.6) is 0 Å². The van der Waals surface area contributed by atoms with Crippen molar-refractivity contribution in [2.24, 2.45) is 0 Å². The maximum absolute atomic E-state index is 9.05. The van der Waals surface area contributed by atoms with E-state index in [0.717, 1.165) is 25.9 Å². The van der Waals surface area contributed by atoms with Crippen molar-refractivity contribution in [1.82, 2.24) is 5.32 Å². The molecule has 3 heteroatoms. The van der Waals surface area contributed by atoms with Crippen molar-refractivity contribution in [1.29, 1.82) is 5.26 Å². The zero-order valence-corrected chi connectivity index (χ0v) is 11.6. The second-order valence-corrected chi connectivity index (χ2v) is 4.69. The normalized spacial score (nSPS) is 11.9. The summed E-state index contributed by atoms with van der Waals surface area (Å²) in [6, 6.07) is 10.7. The van der Waals surface area contributed by atoms with Gasteiger partial charge in [0.25, 0.3) is 0 Å². The van der Waals surface area contributed by atoms with Crippen molar-refractivity contribution in [3.8, 4) is 6.07 Å². The third kappa shape index (κ3) is 4.77. The van der Waals surface area contributed by atoms with Crippen molar-refractivity contribution in [2.75, 3.05) is 25.0 Å². The molecule has 0 saturated carbocycles. The average molecular weight is 245 g/mol. The van der Waals surface area contributed by atoms with Gasteiger partial charge >= 0.3 is 0 Å². The lowest BCUT2D eigenvalue weighted by Gasteiger charge is -2.21. The zero-order chi connectivity index (χ0) is 13.4. The van der Waals surface area contributed by atoms with E-state index in [-0.39, 0.29) is 6.04 Å². The van der Waals surface area contributed by atoms with Crippen LogP contribution in [-0.4, -0.2) is 26.2 Å². The van der Waals surface area contributed by atoms with Crippen LogP contribution in [0.25, 0.3) is 0 Å². The SMILES string of the molecule is CCCNC(C#N)CCN(C)c1cccc(C)c1. The van der Waals surface area contributed by atoms with E-state index in [1.165, 1.54) is 11.3 Å². The quantitative estimate of drug-likeness (QED) is 0.803. The Morgan fingerprint density at radius 3 is 2.83 bits per heavy atom. The molecule has 0 saturated heterocycles. The highest BCUT2D eigenvalue weighted by Gasteiger charge is 2.08. The molecule has 0 heterocycles. The first kappa shape index (κ1) is 14.5. The topological polar surface area (TPSA) is 39.1 Å². The zero-order valence-electron chi connectivity index (χ0n) is 11.6. The van der Waals surface area contributed by atoms with Gasteiger partial charge in [-0.1, -0.05) is 19.1 Å². The van der Waals surface area contributed by atoms with Crippen molar-refractivity contribution in [3.63, 3.8) is 0 Å². The summed E-state index contributed by atoms with van der Waals surface area (Å²) in [5.41, 5.74) is 2.47. The molecule has 0 aromatic heterocycles. The van der Waals surface area contributed by atoms with Gasteiger partial charge in [-0.15, -0.1) is 0 Å². The highest BCUT2D eigenvalue weighted by Crippen LogP contribution is 2.14. The summed E-state index contributed by atoms with van der Waals surface area (Å²) in [7, 11) is 2.07. The molecule has 1 aromatic carbocycles. The van der Waals surface area contributed by atoms with Gasteiger partial charge in [0.05, 0.1) is 12.1 Å². The Morgan fingerprint density at radius 2 is 2.22 bits per heavy atom. The van der Waals surface area contributed by atoms with E-state index in [1.54, 1.807) is 0 Å². The minimum atomic E-state index is -0.0443. The molecule has 98 valence electrons. The molecule has 3 nitrogen and oxygen atoms in total. The fourth-order valence-electron chi connectivity index (χ4n) is 1.85. The van der Waals surface area contributed by atoms with Crippen molar-refractivity contribution in [3.05, 3.63) is 29.8 Å². The van der Waals surface area contributed by atoms with E-state index in [4.69, 9.17) is 5.26 Å². The predicted molar refractivity (Wildman–Crippen MR) is 76.8 cm³/mol. The molecule has 0 fully saturated rings. The Kier molecular flexibility index (Phi) is 6.24. The van der Waals surface area contributed by atoms with Gasteiger partial charge in [0.2, 0.25) is 0 Å². The molecule has 1 atom stereocenters. The lowest BCUT2D eigenvalue weighted by atomic mass is 10.2. The van der Waals surface area contributed by atoms with Crippen molar-refractivity contribution >= 4 is 5.69 Å². The number of nitrogens with one attached hydrogen (secondary N) is 1. The van der Waals surface area contributed by atoms with Gasteiger partial charge < -0.3 is 10.2 Å². The first-order valence-electron chi connectivity index (χ1n) is 6.58. The molecule has 0 aliphatic rings. The number of nitrogens with zero attached hydrogens (tertiary/aromatic N) is 2. The highest BCUT2D eigenvalue weighted by molar-refractivity contribution is 5.47. The first-order valence-corrected chi connectivity index (χ1v) is 6.58. The van der Waals surface area contributed by atoms with Crippen LogP contribution in [0.1, 0.15) is 25.3 Å². The molecule has 0 aliphatic heterocycles. The molecular weight excluding hydrogens is 222 g/mol. The van der Waals surface area contributed by atoms with Gasteiger partial charge in [0.15, 0.2) is 0 Å². The van der Waals surface area contributed by atoms with Crippen LogP contribution >= 0.6 is 0 Å². The lowest BCUT2D eigenvalue weighted by Crippen LogP contribution is -2.32. The van der Waals surface area contributed by atoms with Crippen LogP contribution < -0.4 is 10.2 Å². The summed E-state index contributed by atoms with van der Waals surface area (Å²) >= 11 is 0. The summed E-state index contributed by atoms with van der Waals surface area (Å²) < 4.78 is 0. The lowest BCUT2D eigenvalue weighted by molar-refractivity contribution is 0.561. The van der Waals surface area contributed by atoms with Crippen LogP contribution in [-0.2, 0) is 0 Å². The second-order valence-electron chi connectivity index (χ2n) is 4.69. The monoisotopic (exact) mass is 245 g/mol. The largest absolute Gasteiger partial charge is 0.374 e. The van der Waals surface area contributed by atoms with Crippen molar-refractivity contribution < 1.29 is 0 Å². The molecule has 0 aliphatic carbocycles. The summed E-state index contributed by atoms with van der Waals surface area (Å²) in [6.45, 7) is 6.00. The Hall–Kier alpha value is -1.53. The summed E-state index contributed by atoms with van der Waals surface area (Å²) in [4.78, 5) is 2.20. The molecule has 0 amide bonds. The fourth-order valence-corrected chi connectivity index (χ4v) is 1.85. The Morgan fingerprint density at radius 1 is 1.44 bits per heavy atom. The fraction of sp³-hybridized carbons (Fsp3) is 0.533. The van der Waals surface area contributed by atoms with E-state index in [9.17, 15) is 0 Å². The van der Waals surface area contributed by atoms with E-state index in [1.807, 2.05) is 0 Å². The van der Waals surface area contributed by atoms with Crippen LogP contribution in [0.2, 0.25) is 0 Å². The van der Waals surface area contributed by atoms with Crippen molar-refractivity contribution in [2.45, 2.75) is 32.7 Å². The number of nitriles is 1. The number of hydrogen-bond donors (Lipinski definition) is 1. The summed E-state index contributed by atoms with van der Waals surface area (Å²) in [5, 5.41) is 12.3. The minimum Gasteiger partial charge on any atom is -0.374 e. The predicted octanol–water partition coefficient (Wildman–Crippen LogP) is 2.71. The van der Waals surface area contributed by atoms with Crippen LogP contribution in [0.3, 0.4) is 0 Å². The van der Waals surface area contributed by atoms with E-state index in [2.05, 4.69) is 61.4 Å². The average Bonchev–Trinajstić information content (AvgIpc) is 2.38. The summed E-state index contributed by atoms with van der Waals surface area (Å²) in [6.07, 6.45) is 1.91. The van der Waals surface area contributed by atoms with E-state index >= 15 is 0 Å². The Balaban J connectivity index is 2.45. The molecule has 0 bridgehead atoms. The first-order chi connectivity index (χ1) is 8.67. The molecule has 1 aromatic rings. The smallest absolute Gasteiger partial charge is 0.0969 e. The Labute approximate surface area is 110 Å². The number of rotatable bonds is 7. The molecule has 0 radical (unpaired) electrons. The van der Waals surface area contributed by atoms with Gasteiger partial charge in [0, 0.05) is 19.3 Å². The van der Waals surface area contributed by atoms with Gasteiger partial charge in [-0.2, -0.15) is 5.26 Å². The van der Waals surface area contributed by atoms with E-state index < -0.39 is 0 Å². The van der Waals surface area contributed by atoms with Crippen LogP contribution in [0, 0.1) is 18.3 Å². The molecule has 18 heavy (non-hydrogen) atoms. The van der Waals surface area contributed by atoms with Gasteiger partial charge in [-0.3, -0.25) is 0 Å². The molecule has 1 N–H and O–H groups in total. The van der Waals surface area contributed by atoms with Gasteiger partial charge in [-0.05, 0) is 44.0 Å². The number of benzene rings is 1. The summed E-state index contributed by atoms with van der Waals surface area (Å²) in [5.74, 6) is 0. The van der Waals surface area contributed by atoms with Gasteiger partial charge in [0.1, 0.15) is 0 Å².